The monoisotopic (exact) mass is 223 g/mol. The van der Waals surface area contributed by atoms with Gasteiger partial charge in [0, 0.05) is 14.1 Å². The maximum atomic E-state index is 11.4. The van der Waals surface area contributed by atoms with Crippen molar-refractivity contribution in [3.8, 4) is 0 Å². The van der Waals surface area contributed by atoms with Gasteiger partial charge >= 0.3 is 0 Å². The van der Waals surface area contributed by atoms with E-state index in [9.17, 15) is 13.2 Å². The molecule has 0 saturated heterocycles. The van der Waals surface area contributed by atoms with Crippen LogP contribution in [0.15, 0.2) is 0 Å². The van der Waals surface area contributed by atoms with Crippen molar-refractivity contribution in [1.82, 2.24) is 9.03 Å². The average molecular weight is 223 g/mol. The Kier molecular flexibility index (Phi) is 4.50. The molecule has 0 aromatic carbocycles. The normalized spacial score (nSPS) is 14.7. The van der Waals surface area contributed by atoms with Gasteiger partial charge < -0.3 is 5.73 Å². The van der Waals surface area contributed by atoms with Crippen molar-refractivity contribution in [1.29, 1.82) is 0 Å². The van der Waals surface area contributed by atoms with Crippen LogP contribution < -0.4 is 10.5 Å². The molecule has 1 amide bonds. The molecule has 0 bridgehead atoms. The summed E-state index contributed by atoms with van der Waals surface area (Å²) in [6, 6.07) is -0.873. The highest BCUT2D eigenvalue weighted by Gasteiger charge is 2.26. The minimum absolute atomic E-state index is 0.178. The minimum Gasteiger partial charge on any atom is -0.368 e. The first-order valence-corrected chi connectivity index (χ1v) is 5.61. The summed E-state index contributed by atoms with van der Waals surface area (Å²) in [6.07, 6.45) is 0. The van der Waals surface area contributed by atoms with Crippen LogP contribution in [0.1, 0.15) is 13.8 Å². The molecule has 0 saturated carbocycles. The van der Waals surface area contributed by atoms with Crippen molar-refractivity contribution in [3.63, 3.8) is 0 Å². The minimum atomic E-state index is -3.60. The van der Waals surface area contributed by atoms with Crippen LogP contribution in [0, 0.1) is 5.92 Å². The van der Waals surface area contributed by atoms with Crippen LogP contribution in [0.25, 0.3) is 0 Å². The molecule has 3 N–H and O–H groups in total. The standard InChI is InChI=1S/C7H17N3O3S/c1-5(2)6(7(8)11)9-14(12,13)10(3)4/h5-6,9H,1-4H3,(H2,8,11)/t6-/m0/s1. The number of nitrogens with zero attached hydrogens (tertiary/aromatic N) is 1. The first-order chi connectivity index (χ1) is 6.18. The third-order valence-corrected chi connectivity index (χ3v) is 3.24. The van der Waals surface area contributed by atoms with E-state index in [1.165, 1.54) is 14.1 Å². The summed E-state index contributed by atoms with van der Waals surface area (Å²) in [7, 11) is -0.854. The Morgan fingerprint density at radius 3 is 2.00 bits per heavy atom. The summed E-state index contributed by atoms with van der Waals surface area (Å²) in [6.45, 7) is 3.43. The summed E-state index contributed by atoms with van der Waals surface area (Å²) in [5.74, 6) is -0.854. The molecular weight excluding hydrogens is 206 g/mol. The van der Waals surface area contributed by atoms with Gasteiger partial charge in [-0.1, -0.05) is 13.8 Å². The van der Waals surface area contributed by atoms with E-state index < -0.39 is 22.2 Å². The fraction of sp³-hybridized carbons (Fsp3) is 0.857. The van der Waals surface area contributed by atoms with Gasteiger partial charge in [-0.2, -0.15) is 17.4 Å². The lowest BCUT2D eigenvalue weighted by Gasteiger charge is -2.21. The molecule has 0 unspecified atom stereocenters. The molecule has 0 aromatic rings. The fourth-order valence-electron chi connectivity index (χ4n) is 0.789. The predicted molar refractivity (Wildman–Crippen MR) is 53.6 cm³/mol. The van der Waals surface area contributed by atoms with Crippen LogP contribution >= 0.6 is 0 Å². The molecule has 0 fully saturated rings. The fourth-order valence-corrected chi connectivity index (χ4v) is 1.71. The molecule has 0 aliphatic heterocycles. The summed E-state index contributed by atoms with van der Waals surface area (Å²) in [4.78, 5) is 10.9. The van der Waals surface area contributed by atoms with Gasteiger partial charge in [0.1, 0.15) is 6.04 Å². The second-order valence-electron chi connectivity index (χ2n) is 3.53. The van der Waals surface area contributed by atoms with Crippen LogP contribution in [-0.4, -0.2) is 38.8 Å². The quantitative estimate of drug-likeness (QED) is 0.619. The highest BCUT2D eigenvalue weighted by Crippen LogP contribution is 2.03. The Hall–Kier alpha value is -0.660. The first kappa shape index (κ1) is 13.3. The van der Waals surface area contributed by atoms with Gasteiger partial charge in [-0.05, 0) is 5.92 Å². The largest absolute Gasteiger partial charge is 0.368 e. The van der Waals surface area contributed by atoms with E-state index in [0.717, 1.165) is 4.31 Å². The van der Waals surface area contributed by atoms with E-state index in [1.54, 1.807) is 13.8 Å². The zero-order valence-electron chi connectivity index (χ0n) is 8.81. The molecule has 0 rings (SSSR count). The first-order valence-electron chi connectivity index (χ1n) is 4.17. The lowest BCUT2D eigenvalue weighted by Crippen LogP contribution is -2.50. The van der Waals surface area contributed by atoms with Crippen LogP contribution in [-0.2, 0) is 15.0 Å². The molecule has 0 aliphatic carbocycles. The molecule has 6 nitrogen and oxygen atoms in total. The Morgan fingerprint density at radius 1 is 1.36 bits per heavy atom. The van der Waals surface area contributed by atoms with E-state index in [1.807, 2.05) is 0 Å². The molecular formula is C7H17N3O3S. The second-order valence-corrected chi connectivity index (χ2v) is 5.45. The second kappa shape index (κ2) is 4.72. The molecule has 0 aromatic heterocycles. The van der Waals surface area contributed by atoms with Crippen LogP contribution in [0.5, 0.6) is 0 Å². The number of carbonyl (C=O) groups excluding carboxylic acids is 1. The molecule has 0 aliphatic rings. The van der Waals surface area contributed by atoms with E-state index >= 15 is 0 Å². The van der Waals surface area contributed by atoms with Gasteiger partial charge in [-0.25, -0.2) is 0 Å². The van der Waals surface area contributed by atoms with Gasteiger partial charge in [0.05, 0.1) is 0 Å². The number of hydrogen-bond acceptors (Lipinski definition) is 3. The Bertz CT molecular complexity index is 297. The molecule has 0 radical (unpaired) electrons. The molecule has 7 heteroatoms. The van der Waals surface area contributed by atoms with Crippen molar-refractivity contribution in [2.45, 2.75) is 19.9 Å². The highest BCUT2D eigenvalue weighted by molar-refractivity contribution is 7.87. The topological polar surface area (TPSA) is 92.5 Å². The van der Waals surface area contributed by atoms with Crippen LogP contribution in [0.4, 0.5) is 0 Å². The molecule has 84 valence electrons. The third-order valence-electron chi connectivity index (χ3n) is 1.73. The van der Waals surface area contributed by atoms with Gasteiger partial charge in [-0.15, -0.1) is 0 Å². The Labute approximate surface area is 84.6 Å². The van der Waals surface area contributed by atoms with Crippen molar-refractivity contribution in [2.75, 3.05) is 14.1 Å². The lowest BCUT2D eigenvalue weighted by molar-refractivity contribution is -0.120. The molecule has 14 heavy (non-hydrogen) atoms. The summed E-state index contributed by atoms with van der Waals surface area (Å²) < 4.78 is 25.9. The van der Waals surface area contributed by atoms with Gasteiger partial charge in [-0.3, -0.25) is 4.79 Å². The van der Waals surface area contributed by atoms with E-state index in [4.69, 9.17) is 5.73 Å². The van der Waals surface area contributed by atoms with Gasteiger partial charge in [0.2, 0.25) is 5.91 Å². The number of nitrogens with two attached hydrogens (primary N) is 1. The number of amides is 1. The number of rotatable bonds is 5. The Morgan fingerprint density at radius 2 is 1.79 bits per heavy atom. The zero-order valence-corrected chi connectivity index (χ0v) is 9.63. The summed E-state index contributed by atoms with van der Waals surface area (Å²) >= 11 is 0. The molecule has 0 heterocycles. The predicted octanol–water partition coefficient (Wildman–Crippen LogP) is -1.11. The number of primary amides is 1. The van der Waals surface area contributed by atoms with Crippen molar-refractivity contribution in [3.05, 3.63) is 0 Å². The summed E-state index contributed by atoms with van der Waals surface area (Å²) in [5, 5.41) is 0. The lowest BCUT2D eigenvalue weighted by atomic mass is 10.1. The Balaban J connectivity index is 4.71. The van der Waals surface area contributed by atoms with E-state index in [0.29, 0.717) is 0 Å². The summed E-state index contributed by atoms with van der Waals surface area (Å²) in [5.41, 5.74) is 5.06. The maximum absolute atomic E-state index is 11.4. The van der Waals surface area contributed by atoms with Crippen LogP contribution in [0.2, 0.25) is 0 Å². The maximum Gasteiger partial charge on any atom is 0.279 e. The highest BCUT2D eigenvalue weighted by atomic mass is 32.2. The van der Waals surface area contributed by atoms with Crippen molar-refractivity contribution in [2.24, 2.45) is 11.7 Å². The van der Waals surface area contributed by atoms with E-state index in [-0.39, 0.29) is 5.92 Å². The zero-order chi connectivity index (χ0) is 11.5. The SMILES string of the molecule is CC(C)[C@H](NS(=O)(=O)N(C)C)C(N)=O. The number of hydrogen-bond donors (Lipinski definition) is 2. The smallest absolute Gasteiger partial charge is 0.279 e. The van der Waals surface area contributed by atoms with Gasteiger partial charge in [0.15, 0.2) is 0 Å². The average Bonchev–Trinajstić information content (AvgIpc) is 1.98. The molecule has 0 spiro atoms. The third kappa shape index (κ3) is 3.60. The van der Waals surface area contributed by atoms with Crippen LogP contribution in [0.3, 0.4) is 0 Å². The van der Waals surface area contributed by atoms with Gasteiger partial charge in [0.25, 0.3) is 10.2 Å². The van der Waals surface area contributed by atoms with E-state index in [2.05, 4.69) is 4.72 Å². The van der Waals surface area contributed by atoms with Crippen molar-refractivity contribution < 1.29 is 13.2 Å². The molecule has 1 atom stereocenters. The number of nitrogens with one attached hydrogen (secondary N) is 1. The van der Waals surface area contributed by atoms with Crippen molar-refractivity contribution >= 4 is 16.1 Å². The number of carbonyl (C=O) groups is 1.